The van der Waals surface area contributed by atoms with Crippen LogP contribution in [0.25, 0.3) is 0 Å². The molecule has 4 nitrogen and oxygen atoms in total. The lowest BCUT2D eigenvalue weighted by Crippen LogP contribution is -2.52. The lowest BCUT2D eigenvalue weighted by Gasteiger charge is -2.33. The van der Waals surface area contributed by atoms with Gasteiger partial charge in [0.05, 0.1) is 5.02 Å². The summed E-state index contributed by atoms with van der Waals surface area (Å²) in [5.41, 5.74) is 0.951. The molecule has 1 aliphatic rings. The van der Waals surface area contributed by atoms with E-state index >= 15 is 0 Å². The Morgan fingerprint density at radius 1 is 1.42 bits per heavy atom. The predicted octanol–water partition coefficient (Wildman–Crippen LogP) is 2.05. The van der Waals surface area contributed by atoms with Crippen LogP contribution >= 0.6 is 24.0 Å². The SMILES string of the molecule is Cc1ccc(S(=O)(=O)N2CCNC[C@H]2C)c(Cl)c1.Cl. The van der Waals surface area contributed by atoms with Crippen LogP contribution in [0, 0.1) is 6.92 Å². The third-order valence-electron chi connectivity index (χ3n) is 3.11. The first-order valence-electron chi connectivity index (χ1n) is 5.91. The summed E-state index contributed by atoms with van der Waals surface area (Å²) in [6.07, 6.45) is 0. The number of hydrogen-bond acceptors (Lipinski definition) is 3. The van der Waals surface area contributed by atoms with Crippen LogP contribution in [-0.4, -0.2) is 38.4 Å². The summed E-state index contributed by atoms with van der Waals surface area (Å²) in [6, 6.07) is 4.98. The molecule has 1 N–H and O–H groups in total. The van der Waals surface area contributed by atoms with E-state index in [0.29, 0.717) is 24.7 Å². The summed E-state index contributed by atoms with van der Waals surface area (Å²) in [4.78, 5) is 0.198. The second-order valence-electron chi connectivity index (χ2n) is 4.60. The van der Waals surface area contributed by atoms with Crippen LogP contribution in [0.15, 0.2) is 23.1 Å². The third kappa shape index (κ3) is 3.41. The van der Waals surface area contributed by atoms with Crippen molar-refractivity contribution in [3.05, 3.63) is 28.8 Å². The molecule has 0 radical (unpaired) electrons. The summed E-state index contributed by atoms with van der Waals surface area (Å²) < 4.78 is 26.6. The summed E-state index contributed by atoms with van der Waals surface area (Å²) >= 11 is 6.06. The Bertz CT molecular complexity index is 549. The molecular formula is C12H18Cl2N2O2S. The summed E-state index contributed by atoms with van der Waals surface area (Å²) in [7, 11) is -3.50. The van der Waals surface area contributed by atoms with Crippen LogP contribution < -0.4 is 5.32 Å². The normalized spacial score (nSPS) is 20.9. The molecule has 1 heterocycles. The van der Waals surface area contributed by atoms with Gasteiger partial charge in [-0.05, 0) is 31.5 Å². The molecule has 1 aliphatic heterocycles. The number of nitrogens with one attached hydrogen (secondary N) is 1. The fraction of sp³-hybridized carbons (Fsp3) is 0.500. The molecule has 0 aliphatic carbocycles. The van der Waals surface area contributed by atoms with Gasteiger partial charge in [0.25, 0.3) is 0 Å². The first kappa shape index (κ1) is 16.7. The highest BCUT2D eigenvalue weighted by atomic mass is 35.5. The molecule has 2 rings (SSSR count). The Hall–Kier alpha value is -0.330. The maximum Gasteiger partial charge on any atom is 0.244 e. The zero-order chi connectivity index (χ0) is 13.3. The highest BCUT2D eigenvalue weighted by molar-refractivity contribution is 7.89. The lowest BCUT2D eigenvalue weighted by atomic mass is 10.2. The Kier molecular flexibility index (Phi) is 5.65. The molecule has 0 unspecified atom stereocenters. The molecule has 0 saturated carbocycles. The van der Waals surface area contributed by atoms with Gasteiger partial charge < -0.3 is 5.32 Å². The van der Waals surface area contributed by atoms with Crippen molar-refractivity contribution >= 4 is 34.0 Å². The zero-order valence-corrected chi connectivity index (χ0v) is 13.3. The minimum Gasteiger partial charge on any atom is -0.314 e. The van der Waals surface area contributed by atoms with Gasteiger partial charge in [0.15, 0.2) is 0 Å². The van der Waals surface area contributed by atoms with Gasteiger partial charge in [-0.3, -0.25) is 0 Å². The lowest BCUT2D eigenvalue weighted by molar-refractivity contribution is 0.284. The van der Waals surface area contributed by atoms with E-state index < -0.39 is 10.0 Å². The Morgan fingerprint density at radius 3 is 2.68 bits per heavy atom. The van der Waals surface area contributed by atoms with Gasteiger partial charge in [0.1, 0.15) is 4.90 Å². The molecule has 1 atom stereocenters. The van der Waals surface area contributed by atoms with Crippen LogP contribution in [0.2, 0.25) is 5.02 Å². The van der Waals surface area contributed by atoms with Crippen LogP contribution in [0.3, 0.4) is 0 Å². The first-order chi connectivity index (χ1) is 8.43. The van der Waals surface area contributed by atoms with Crippen LogP contribution in [0.1, 0.15) is 12.5 Å². The van der Waals surface area contributed by atoms with Gasteiger partial charge in [-0.2, -0.15) is 4.31 Å². The van der Waals surface area contributed by atoms with E-state index in [-0.39, 0.29) is 23.3 Å². The molecule has 108 valence electrons. The number of aryl methyl sites for hydroxylation is 1. The maximum absolute atomic E-state index is 12.5. The second kappa shape index (κ2) is 6.41. The molecule has 0 amide bonds. The molecule has 19 heavy (non-hydrogen) atoms. The standard InChI is InChI=1S/C12H17ClN2O2S.ClH/c1-9-3-4-12(11(13)7-9)18(16,17)15-6-5-14-8-10(15)2;/h3-4,7,10,14H,5-6,8H2,1-2H3;1H/t10-;/m1./s1. The Morgan fingerprint density at radius 2 is 2.11 bits per heavy atom. The number of halogens is 2. The van der Waals surface area contributed by atoms with Crippen molar-refractivity contribution in [1.82, 2.24) is 9.62 Å². The molecule has 0 aromatic heterocycles. The molecule has 7 heteroatoms. The van der Waals surface area contributed by atoms with Crippen molar-refractivity contribution in [2.24, 2.45) is 0 Å². The van der Waals surface area contributed by atoms with Gasteiger partial charge in [0, 0.05) is 25.7 Å². The minimum absolute atomic E-state index is 0. The van der Waals surface area contributed by atoms with E-state index in [4.69, 9.17) is 11.6 Å². The smallest absolute Gasteiger partial charge is 0.244 e. The average molecular weight is 325 g/mol. The zero-order valence-electron chi connectivity index (χ0n) is 10.9. The van der Waals surface area contributed by atoms with Crippen molar-refractivity contribution in [2.75, 3.05) is 19.6 Å². The van der Waals surface area contributed by atoms with E-state index in [1.807, 2.05) is 13.8 Å². The van der Waals surface area contributed by atoms with Crippen LogP contribution in [0.4, 0.5) is 0 Å². The van der Waals surface area contributed by atoms with Crippen LogP contribution in [-0.2, 0) is 10.0 Å². The molecule has 0 spiro atoms. The van der Waals surface area contributed by atoms with Gasteiger partial charge in [0.2, 0.25) is 10.0 Å². The number of sulfonamides is 1. The van der Waals surface area contributed by atoms with Gasteiger partial charge in [-0.15, -0.1) is 12.4 Å². The van der Waals surface area contributed by atoms with E-state index in [2.05, 4.69) is 5.32 Å². The molecular weight excluding hydrogens is 307 g/mol. The minimum atomic E-state index is -3.50. The summed E-state index contributed by atoms with van der Waals surface area (Å²) in [6.45, 7) is 5.60. The summed E-state index contributed by atoms with van der Waals surface area (Å²) in [5, 5.41) is 3.47. The number of piperazine rings is 1. The van der Waals surface area contributed by atoms with E-state index in [1.54, 1.807) is 18.2 Å². The highest BCUT2D eigenvalue weighted by Gasteiger charge is 2.32. The molecule has 0 bridgehead atoms. The summed E-state index contributed by atoms with van der Waals surface area (Å²) in [5.74, 6) is 0. The maximum atomic E-state index is 12.5. The van der Waals surface area contributed by atoms with Crippen molar-refractivity contribution in [3.63, 3.8) is 0 Å². The fourth-order valence-corrected chi connectivity index (χ4v) is 4.33. The monoisotopic (exact) mass is 324 g/mol. The largest absolute Gasteiger partial charge is 0.314 e. The van der Waals surface area contributed by atoms with Crippen molar-refractivity contribution in [2.45, 2.75) is 24.8 Å². The number of hydrogen-bond donors (Lipinski definition) is 1. The molecule has 1 aromatic carbocycles. The topological polar surface area (TPSA) is 49.4 Å². The van der Waals surface area contributed by atoms with Gasteiger partial charge >= 0.3 is 0 Å². The van der Waals surface area contributed by atoms with Gasteiger partial charge in [-0.1, -0.05) is 17.7 Å². The van der Waals surface area contributed by atoms with E-state index in [9.17, 15) is 8.42 Å². The highest BCUT2D eigenvalue weighted by Crippen LogP contribution is 2.27. The predicted molar refractivity (Wildman–Crippen MR) is 79.7 cm³/mol. The van der Waals surface area contributed by atoms with Gasteiger partial charge in [-0.25, -0.2) is 8.42 Å². The molecule has 1 aromatic rings. The van der Waals surface area contributed by atoms with Crippen LogP contribution in [0.5, 0.6) is 0 Å². The molecule has 1 fully saturated rings. The second-order valence-corrected chi connectivity index (χ2v) is 6.87. The van der Waals surface area contributed by atoms with Crippen molar-refractivity contribution < 1.29 is 8.42 Å². The Labute approximate surface area is 125 Å². The van der Waals surface area contributed by atoms with E-state index in [1.165, 1.54) is 4.31 Å². The fourth-order valence-electron chi connectivity index (χ4n) is 2.12. The Balaban J connectivity index is 0.00000180. The van der Waals surface area contributed by atoms with Crippen molar-refractivity contribution in [3.8, 4) is 0 Å². The first-order valence-corrected chi connectivity index (χ1v) is 7.73. The number of rotatable bonds is 2. The quantitative estimate of drug-likeness (QED) is 0.905. The van der Waals surface area contributed by atoms with E-state index in [0.717, 1.165) is 5.56 Å². The third-order valence-corrected chi connectivity index (χ3v) is 5.61. The molecule has 1 saturated heterocycles. The number of nitrogens with zero attached hydrogens (tertiary/aromatic N) is 1. The van der Waals surface area contributed by atoms with Crippen molar-refractivity contribution in [1.29, 1.82) is 0 Å². The average Bonchev–Trinajstić information content (AvgIpc) is 2.28. The number of benzene rings is 1.